The van der Waals surface area contributed by atoms with Gasteiger partial charge in [-0.05, 0) is 24.1 Å². The average Bonchev–Trinajstić information content (AvgIpc) is 2.53. The number of rotatable bonds is 4. The molecule has 0 bridgehead atoms. The standard InChI is InChI=1S/C16H21NO6S/c1-3-11-4-5-12(10-13(11)24(2,22)23)14(18)17-8-6-16(21,7-9-17)15(19)20/h4-5,10,21H,3,6-9H2,1-2H3,(H,19,20). The van der Waals surface area contributed by atoms with E-state index in [1.165, 1.54) is 11.0 Å². The molecule has 0 radical (unpaired) electrons. The molecule has 1 aliphatic rings. The van der Waals surface area contributed by atoms with Gasteiger partial charge in [-0.25, -0.2) is 13.2 Å². The lowest BCUT2D eigenvalue weighted by Crippen LogP contribution is -2.50. The largest absolute Gasteiger partial charge is 0.479 e. The fourth-order valence-corrected chi connectivity index (χ4v) is 3.83. The van der Waals surface area contributed by atoms with E-state index in [-0.39, 0.29) is 42.3 Å². The number of sulfone groups is 1. The van der Waals surface area contributed by atoms with Crippen LogP contribution in [0.25, 0.3) is 0 Å². The molecule has 1 heterocycles. The second kappa shape index (κ2) is 6.52. The van der Waals surface area contributed by atoms with Gasteiger partial charge in [0.15, 0.2) is 15.4 Å². The molecule has 132 valence electrons. The number of amides is 1. The van der Waals surface area contributed by atoms with Crippen LogP contribution in [0.1, 0.15) is 35.7 Å². The molecule has 0 saturated carbocycles. The number of carbonyl (C=O) groups excluding carboxylic acids is 1. The van der Waals surface area contributed by atoms with Crippen LogP contribution in [-0.2, 0) is 21.1 Å². The number of carboxylic acids is 1. The minimum Gasteiger partial charge on any atom is -0.479 e. The fraction of sp³-hybridized carbons (Fsp3) is 0.500. The zero-order valence-corrected chi connectivity index (χ0v) is 14.5. The predicted molar refractivity (Wildman–Crippen MR) is 86.7 cm³/mol. The number of carbonyl (C=O) groups is 2. The van der Waals surface area contributed by atoms with E-state index in [2.05, 4.69) is 0 Å². The molecule has 1 amide bonds. The van der Waals surface area contributed by atoms with E-state index in [1.54, 1.807) is 12.1 Å². The van der Waals surface area contributed by atoms with Gasteiger partial charge in [-0.3, -0.25) is 4.79 Å². The Morgan fingerprint density at radius 3 is 2.29 bits per heavy atom. The number of piperidine rings is 1. The van der Waals surface area contributed by atoms with E-state index in [0.717, 1.165) is 6.26 Å². The second-order valence-electron chi connectivity index (χ2n) is 6.08. The first-order chi connectivity index (χ1) is 11.1. The van der Waals surface area contributed by atoms with Crippen LogP contribution in [0.2, 0.25) is 0 Å². The molecule has 24 heavy (non-hydrogen) atoms. The predicted octanol–water partition coefficient (Wildman–Crippen LogP) is 0.704. The van der Waals surface area contributed by atoms with Crippen molar-refractivity contribution in [2.45, 2.75) is 36.7 Å². The van der Waals surface area contributed by atoms with Crippen LogP contribution in [0, 0.1) is 0 Å². The van der Waals surface area contributed by atoms with Crippen molar-refractivity contribution in [3.05, 3.63) is 29.3 Å². The topological polar surface area (TPSA) is 112 Å². The highest BCUT2D eigenvalue weighted by Crippen LogP contribution is 2.25. The highest BCUT2D eigenvalue weighted by Gasteiger charge is 2.40. The summed E-state index contributed by atoms with van der Waals surface area (Å²) < 4.78 is 23.8. The third-order valence-electron chi connectivity index (χ3n) is 4.37. The van der Waals surface area contributed by atoms with Gasteiger partial charge in [0, 0.05) is 37.8 Å². The van der Waals surface area contributed by atoms with Crippen molar-refractivity contribution < 1.29 is 28.2 Å². The summed E-state index contributed by atoms with van der Waals surface area (Å²) in [6.45, 7) is 2.04. The van der Waals surface area contributed by atoms with Gasteiger partial charge in [0.05, 0.1) is 4.90 Å². The maximum Gasteiger partial charge on any atom is 0.335 e. The second-order valence-corrected chi connectivity index (χ2v) is 8.06. The number of hydrogen-bond donors (Lipinski definition) is 2. The molecule has 0 aliphatic carbocycles. The van der Waals surface area contributed by atoms with Crippen molar-refractivity contribution in [3.63, 3.8) is 0 Å². The van der Waals surface area contributed by atoms with Gasteiger partial charge >= 0.3 is 5.97 Å². The van der Waals surface area contributed by atoms with Crippen LogP contribution in [0.4, 0.5) is 0 Å². The zero-order valence-electron chi connectivity index (χ0n) is 13.7. The minimum absolute atomic E-state index is 0.0555. The molecule has 0 unspecified atom stereocenters. The van der Waals surface area contributed by atoms with Gasteiger partial charge in [0.25, 0.3) is 5.91 Å². The Labute approximate surface area is 140 Å². The first-order valence-electron chi connectivity index (χ1n) is 7.66. The van der Waals surface area contributed by atoms with Crippen LogP contribution in [0.5, 0.6) is 0 Å². The molecule has 2 N–H and O–H groups in total. The number of hydrogen-bond acceptors (Lipinski definition) is 5. The van der Waals surface area contributed by atoms with Gasteiger partial charge in [-0.15, -0.1) is 0 Å². The summed E-state index contributed by atoms with van der Waals surface area (Å²) in [7, 11) is -3.45. The van der Waals surface area contributed by atoms with E-state index in [0.29, 0.717) is 12.0 Å². The summed E-state index contributed by atoms with van der Waals surface area (Å²) in [5.74, 6) is -1.66. The Balaban J connectivity index is 2.24. The van der Waals surface area contributed by atoms with Crippen LogP contribution >= 0.6 is 0 Å². The molecule has 7 nitrogen and oxygen atoms in total. The fourth-order valence-electron chi connectivity index (χ4n) is 2.80. The van der Waals surface area contributed by atoms with E-state index >= 15 is 0 Å². The zero-order chi connectivity index (χ0) is 18.1. The lowest BCUT2D eigenvalue weighted by molar-refractivity contribution is -0.162. The van der Waals surface area contributed by atoms with Crippen molar-refractivity contribution in [2.75, 3.05) is 19.3 Å². The first kappa shape index (κ1) is 18.4. The number of nitrogens with zero attached hydrogens (tertiary/aromatic N) is 1. The van der Waals surface area contributed by atoms with Crippen molar-refractivity contribution in [2.24, 2.45) is 0 Å². The van der Waals surface area contributed by atoms with Crippen LogP contribution in [-0.4, -0.2) is 60.4 Å². The Hall–Kier alpha value is -1.93. The number of carboxylic acid groups (broad SMARTS) is 1. The molecule has 0 aromatic heterocycles. The molecule has 1 saturated heterocycles. The SMILES string of the molecule is CCc1ccc(C(=O)N2CCC(O)(C(=O)O)CC2)cc1S(C)(=O)=O. The molecular weight excluding hydrogens is 334 g/mol. The number of likely N-dealkylation sites (tertiary alicyclic amines) is 1. The molecule has 0 atom stereocenters. The number of benzene rings is 1. The summed E-state index contributed by atoms with van der Waals surface area (Å²) in [5.41, 5.74) is -0.915. The Morgan fingerprint density at radius 2 is 1.83 bits per heavy atom. The maximum absolute atomic E-state index is 12.6. The third-order valence-corrected chi connectivity index (χ3v) is 5.55. The summed E-state index contributed by atoms with van der Waals surface area (Å²) in [4.78, 5) is 25.2. The molecule has 0 spiro atoms. The first-order valence-corrected chi connectivity index (χ1v) is 9.55. The highest BCUT2D eigenvalue weighted by atomic mass is 32.2. The van der Waals surface area contributed by atoms with Gasteiger partial charge in [0.2, 0.25) is 0 Å². The van der Waals surface area contributed by atoms with Crippen LogP contribution in [0.3, 0.4) is 0 Å². The molecule has 1 aromatic carbocycles. The van der Waals surface area contributed by atoms with E-state index in [9.17, 15) is 23.1 Å². The Bertz CT molecular complexity index is 763. The maximum atomic E-state index is 12.6. The lowest BCUT2D eigenvalue weighted by atomic mass is 9.91. The number of aliphatic carboxylic acids is 1. The van der Waals surface area contributed by atoms with Gasteiger partial charge in [0.1, 0.15) is 0 Å². The van der Waals surface area contributed by atoms with E-state index < -0.39 is 21.4 Å². The molecule has 1 aliphatic heterocycles. The number of aliphatic hydroxyl groups is 1. The summed E-state index contributed by atoms with van der Waals surface area (Å²) in [5, 5.41) is 18.9. The average molecular weight is 355 g/mol. The minimum atomic E-state index is -3.45. The molecular formula is C16H21NO6S. The molecule has 2 rings (SSSR count). The highest BCUT2D eigenvalue weighted by molar-refractivity contribution is 7.90. The van der Waals surface area contributed by atoms with Crippen LogP contribution in [0.15, 0.2) is 23.1 Å². The normalized spacial score (nSPS) is 17.5. The van der Waals surface area contributed by atoms with Crippen molar-refractivity contribution >= 4 is 21.7 Å². The summed E-state index contributed by atoms with van der Waals surface area (Å²) in [6.07, 6.45) is 1.52. The smallest absolute Gasteiger partial charge is 0.335 e. The van der Waals surface area contributed by atoms with Crippen molar-refractivity contribution in [1.29, 1.82) is 0 Å². The van der Waals surface area contributed by atoms with Gasteiger partial charge < -0.3 is 15.1 Å². The van der Waals surface area contributed by atoms with Crippen molar-refractivity contribution in [3.8, 4) is 0 Å². The van der Waals surface area contributed by atoms with E-state index in [1.807, 2.05) is 6.92 Å². The summed E-state index contributed by atoms with van der Waals surface area (Å²) in [6, 6.07) is 4.57. The quantitative estimate of drug-likeness (QED) is 0.822. The van der Waals surface area contributed by atoms with E-state index in [4.69, 9.17) is 5.11 Å². The summed E-state index contributed by atoms with van der Waals surface area (Å²) >= 11 is 0. The molecule has 1 fully saturated rings. The monoisotopic (exact) mass is 355 g/mol. The van der Waals surface area contributed by atoms with Crippen molar-refractivity contribution in [1.82, 2.24) is 4.90 Å². The number of aryl methyl sites for hydroxylation is 1. The third kappa shape index (κ3) is 3.59. The van der Waals surface area contributed by atoms with Gasteiger partial charge in [-0.1, -0.05) is 13.0 Å². The Morgan fingerprint density at radius 1 is 1.25 bits per heavy atom. The molecule has 8 heteroatoms. The van der Waals surface area contributed by atoms with Crippen LogP contribution < -0.4 is 0 Å². The lowest BCUT2D eigenvalue weighted by Gasteiger charge is -2.35. The molecule has 1 aromatic rings. The van der Waals surface area contributed by atoms with Gasteiger partial charge in [-0.2, -0.15) is 0 Å². The Kier molecular flexibility index (Phi) is 5.00.